The predicted molar refractivity (Wildman–Crippen MR) is 144 cm³/mol. The first-order chi connectivity index (χ1) is 18.4. The van der Waals surface area contributed by atoms with Crippen LogP contribution in [-0.4, -0.2) is 75.1 Å². The summed E-state index contributed by atoms with van der Waals surface area (Å²) in [7, 11) is 0. The van der Waals surface area contributed by atoms with Gasteiger partial charge in [0, 0.05) is 24.7 Å². The Bertz CT molecular complexity index is 1080. The lowest BCUT2D eigenvalue weighted by Gasteiger charge is -2.58. The Morgan fingerprint density at radius 2 is 1.82 bits per heavy atom. The number of carbonyl (C=O) groups excluding carboxylic acids is 4. The summed E-state index contributed by atoms with van der Waals surface area (Å²) in [5.74, 6) is -5.63. The summed E-state index contributed by atoms with van der Waals surface area (Å²) >= 11 is 6.72. The smallest absolute Gasteiger partial charge is 0.312 e. The van der Waals surface area contributed by atoms with Gasteiger partial charge in [0.2, 0.25) is 0 Å². The van der Waals surface area contributed by atoms with E-state index in [9.17, 15) is 29.4 Å². The van der Waals surface area contributed by atoms with Crippen LogP contribution in [0.25, 0.3) is 0 Å². The zero-order chi connectivity index (χ0) is 30.4. The molecule has 0 aromatic heterocycles. The quantitative estimate of drug-likeness (QED) is 0.281. The maximum Gasteiger partial charge on any atom is 0.312 e. The molecule has 0 spiro atoms. The first-order valence-corrected chi connectivity index (χ1v) is 14.1. The van der Waals surface area contributed by atoms with E-state index in [2.05, 4.69) is 6.58 Å². The first-order valence-electron chi connectivity index (χ1n) is 13.7. The highest BCUT2D eigenvalue weighted by Gasteiger charge is 2.71. The van der Waals surface area contributed by atoms with Crippen molar-refractivity contribution >= 4 is 35.5 Å². The monoisotopic (exact) mass is 584 g/mol. The van der Waals surface area contributed by atoms with E-state index in [-0.39, 0.29) is 24.8 Å². The zero-order valence-corrected chi connectivity index (χ0v) is 24.9. The molecule has 224 valence electrons. The summed E-state index contributed by atoms with van der Waals surface area (Å²) in [6.45, 7) is 14.6. The fraction of sp³-hybridized carbons (Fsp3) is 0.724. The third-order valence-corrected chi connectivity index (χ3v) is 9.28. The minimum atomic E-state index is -2.25. The molecule has 3 rings (SSSR count). The average Bonchev–Trinajstić information content (AvgIpc) is 3.10. The number of ether oxygens (including phenoxy) is 4. The molecule has 1 saturated carbocycles. The summed E-state index contributed by atoms with van der Waals surface area (Å²) < 4.78 is 23.0. The molecule has 0 amide bonds. The molecule has 0 aromatic rings. The Labute approximate surface area is 240 Å². The number of aliphatic hydroxyl groups is 2. The zero-order valence-electron chi connectivity index (χ0n) is 24.1. The molecule has 2 N–H and O–H groups in total. The fourth-order valence-corrected chi connectivity index (χ4v) is 6.69. The molecule has 11 heteroatoms. The molecule has 3 aliphatic rings. The van der Waals surface area contributed by atoms with E-state index in [0.717, 1.165) is 6.92 Å². The van der Waals surface area contributed by atoms with Gasteiger partial charge in [0.05, 0.1) is 17.2 Å². The Morgan fingerprint density at radius 1 is 1.20 bits per heavy atom. The van der Waals surface area contributed by atoms with Crippen LogP contribution in [0, 0.1) is 23.2 Å². The molecule has 1 heterocycles. The third-order valence-electron chi connectivity index (χ3n) is 8.77. The van der Waals surface area contributed by atoms with E-state index >= 15 is 0 Å². The van der Waals surface area contributed by atoms with Gasteiger partial charge in [0.15, 0.2) is 11.7 Å². The molecule has 2 aliphatic carbocycles. The second-order valence-corrected chi connectivity index (χ2v) is 12.4. The van der Waals surface area contributed by atoms with E-state index in [0.29, 0.717) is 0 Å². The van der Waals surface area contributed by atoms with Crippen LogP contribution in [0.1, 0.15) is 67.7 Å². The van der Waals surface area contributed by atoms with E-state index in [1.807, 2.05) is 0 Å². The molecule has 10 nitrogen and oxygen atoms in total. The van der Waals surface area contributed by atoms with Crippen molar-refractivity contribution in [3.63, 3.8) is 0 Å². The Balaban J connectivity index is 2.36. The number of esters is 4. The number of hydrogen-bond donors (Lipinski definition) is 2. The van der Waals surface area contributed by atoms with Crippen molar-refractivity contribution in [3.8, 4) is 0 Å². The minimum absolute atomic E-state index is 0.0634. The summed E-state index contributed by atoms with van der Waals surface area (Å²) in [5.41, 5.74) is -5.15. The van der Waals surface area contributed by atoms with Crippen LogP contribution in [0.5, 0.6) is 0 Å². The largest absolute Gasteiger partial charge is 0.459 e. The molecule has 2 fully saturated rings. The third kappa shape index (κ3) is 5.42. The van der Waals surface area contributed by atoms with Crippen molar-refractivity contribution < 1.29 is 48.3 Å². The van der Waals surface area contributed by atoms with Crippen molar-refractivity contribution in [2.45, 2.75) is 109 Å². The second-order valence-electron chi connectivity index (χ2n) is 11.9. The van der Waals surface area contributed by atoms with Gasteiger partial charge in [-0.25, -0.2) is 0 Å². The Morgan fingerprint density at radius 3 is 2.38 bits per heavy atom. The SMILES string of the molecule is C=C1/C=C\[C@@H](OC(=O)CC)[C@@]2(C)CC[C@H](OC(=O)C(C)C)[C@@](C)(O)[C@@H]2[C@H](OC(C)=O)[C@]2(O)[C@@H](C)C(=O)O[C@H]2[C@H]1Cl. The highest BCUT2D eigenvalue weighted by atomic mass is 35.5. The highest BCUT2D eigenvalue weighted by Crippen LogP contribution is 2.57. The Kier molecular flexibility index (Phi) is 9.19. The van der Waals surface area contributed by atoms with Gasteiger partial charge in [-0.2, -0.15) is 0 Å². The number of rotatable bonds is 5. The molecule has 0 aromatic carbocycles. The molecule has 1 aliphatic heterocycles. The van der Waals surface area contributed by atoms with Crippen LogP contribution >= 0.6 is 11.6 Å². The number of carbonyl (C=O) groups is 4. The van der Waals surface area contributed by atoms with Gasteiger partial charge in [-0.15, -0.1) is 11.6 Å². The lowest BCUT2D eigenvalue weighted by molar-refractivity contribution is -0.266. The van der Waals surface area contributed by atoms with E-state index in [1.165, 1.54) is 19.9 Å². The van der Waals surface area contributed by atoms with Gasteiger partial charge in [-0.3, -0.25) is 19.2 Å². The lowest BCUT2D eigenvalue weighted by Crippen LogP contribution is -2.71. The van der Waals surface area contributed by atoms with Crippen molar-refractivity contribution in [2.75, 3.05) is 0 Å². The number of hydrogen-bond acceptors (Lipinski definition) is 10. The predicted octanol–water partition coefficient (Wildman–Crippen LogP) is 3.00. The van der Waals surface area contributed by atoms with Crippen LogP contribution in [0.4, 0.5) is 0 Å². The average molecular weight is 585 g/mol. The van der Waals surface area contributed by atoms with Gasteiger partial charge in [0.1, 0.15) is 23.9 Å². The molecule has 40 heavy (non-hydrogen) atoms. The number of fused-ring (bicyclic) bond motifs is 2. The van der Waals surface area contributed by atoms with Gasteiger partial charge in [0.25, 0.3) is 0 Å². The van der Waals surface area contributed by atoms with Gasteiger partial charge in [-0.1, -0.05) is 40.3 Å². The molecule has 1 saturated heterocycles. The molecule has 0 unspecified atom stereocenters. The van der Waals surface area contributed by atoms with Crippen molar-refractivity contribution in [1.29, 1.82) is 0 Å². The van der Waals surface area contributed by atoms with Crippen molar-refractivity contribution in [3.05, 3.63) is 24.3 Å². The topological polar surface area (TPSA) is 146 Å². The standard InChI is InChI=1S/C29H41ClO10/c1-9-20(32)38-18-11-10-15(4)21(30)23-29(36,16(5)26(34)40-23)24(37-17(6)31)22-27(18,7)13-12-19(28(22,8)35)39-25(33)14(2)3/h10-11,14,16,18-19,21-24,35-36H,4,9,12-13H2,1-3,5-8H3/b11-10-/t16-,18+,19-,21-,22+,23-,24-,27+,28+,29-/m0/s1. The minimum Gasteiger partial charge on any atom is -0.459 e. The van der Waals surface area contributed by atoms with E-state index in [4.69, 9.17) is 30.5 Å². The van der Waals surface area contributed by atoms with E-state index < -0.39 is 88.0 Å². The summed E-state index contributed by atoms with van der Waals surface area (Å²) in [6.07, 6.45) is -1.53. The molecule has 10 atom stereocenters. The van der Waals surface area contributed by atoms with Crippen LogP contribution in [-0.2, 0) is 38.1 Å². The maximum atomic E-state index is 12.9. The van der Waals surface area contributed by atoms with Gasteiger partial charge < -0.3 is 29.2 Å². The molecule has 0 radical (unpaired) electrons. The number of alkyl halides is 1. The molecular weight excluding hydrogens is 544 g/mol. The number of allylic oxidation sites excluding steroid dienone is 1. The number of halogens is 1. The van der Waals surface area contributed by atoms with Gasteiger partial charge >= 0.3 is 23.9 Å². The second kappa shape index (κ2) is 11.4. The summed E-state index contributed by atoms with van der Waals surface area (Å²) in [5, 5.41) is 23.5. The first kappa shape index (κ1) is 32.1. The van der Waals surface area contributed by atoms with Crippen LogP contribution < -0.4 is 0 Å². The van der Waals surface area contributed by atoms with Gasteiger partial charge in [-0.05, 0) is 38.3 Å². The molecular formula is C29H41ClO10. The van der Waals surface area contributed by atoms with Crippen molar-refractivity contribution in [1.82, 2.24) is 0 Å². The Hall–Kier alpha value is -2.43. The lowest BCUT2D eigenvalue weighted by atomic mass is 9.52. The van der Waals surface area contributed by atoms with E-state index in [1.54, 1.807) is 33.8 Å². The van der Waals surface area contributed by atoms with Crippen LogP contribution in [0.3, 0.4) is 0 Å². The van der Waals surface area contributed by atoms with Crippen LogP contribution in [0.15, 0.2) is 24.3 Å². The summed E-state index contributed by atoms with van der Waals surface area (Å²) in [6, 6.07) is 0. The fourth-order valence-electron chi connectivity index (χ4n) is 6.37. The highest BCUT2D eigenvalue weighted by molar-refractivity contribution is 6.23. The normalized spacial score (nSPS) is 42.2. The summed E-state index contributed by atoms with van der Waals surface area (Å²) in [4.78, 5) is 50.8. The maximum absolute atomic E-state index is 12.9. The molecule has 0 bridgehead atoms. The van der Waals surface area contributed by atoms with Crippen LogP contribution in [0.2, 0.25) is 0 Å². The van der Waals surface area contributed by atoms with Crippen molar-refractivity contribution in [2.24, 2.45) is 23.2 Å².